The highest BCUT2D eigenvalue weighted by molar-refractivity contribution is 5.89. The molecule has 0 radical (unpaired) electrons. The van der Waals surface area contributed by atoms with Crippen LogP contribution >= 0.6 is 0 Å². The van der Waals surface area contributed by atoms with E-state index < -0.39 is 17.9 Å². The van der Waals surface area contributed by atoms with E-state index in [0.29, 0.717) is 18.7 Å². The summed E-state index contributed by atoms with van der Waals surface area (Å²) in [6, 6.07) is 2.61. The molecule has 0 spiro atoms. The topological polar surface area (TPSA) is 100 Å². The molecule has 0 bridgehead atoms. The fourth-order valence-electron chi connectivity index (χ4n) is 1.79. The number of carbonyl (C=O) groups is 2. The summed E-state index contributed by atoms with van der Waals surface area (Å²) in [6.45, 7) is 1.04. The third-order valence-electron chi connectivity index (χ3n) is 2.88. The molecule has 1 heterocycles. The number of halogens is 1. The molecule has 1 aliphatic rings. The van der Waals surface area contributed by atoms with E-state index in [1.165, 1.54) is 13.2 Å². The Morgan fingerprint density at radius 3 is 2.81 bits per heavy atom. The van der Waals surface area contributed by atoms with Crippen LogP contribution in [0.1, 0.15) is 5.56 Å². The number of hydrogen-bond acceptors (Lipinski definition) is 5. The van der Waals surface area contributed by atoms with Crippen molar-refractivity contribution in [3.8, 4) is 0 Å². The number of benzene rings is 1. The molecule has 0 aromatic heterocycles. The van der Waals surface area contributed by atoms with Gasteiger partial charge < -0.3 is 19.9 Å². The molecule has 8 heteroatoms. The highest BCUT2D eigenvalue weighted by Gasteiger charge is 2.23. The summed E-state index contributed by atoms with van der Waals surface area (Å²) in [5.41, 5.74) is 0.457. The Kier molecular flexibility index (Phi) is 4.59. The van der Waals surface area contributed by atoms with Gasteiger partial charge >= 0.3 is 12.1 Å². The van der Waals surface area contributed by atoms with Crippen molar-refractivity contribution in [1.29, 1.82) is 0 Å². The van der Waals surface area contributed by atoms with E-state index in [0.717, 1.165) is 6.07 Å². The summed E-state index contributed by atoms with van der Waals surface area (Å²) in [7, 11) is 1.24. The molecule has 0 aliphatic carbocycles. The molecule has 1 amide bonds. The molecule has 3 N–H and O–H groups in total. The predicted octanol–water partition coefficient (Wildman–Crippen LogP) is 1.44. The van der Waals surface area contributed by atoms with Gasteiger partial charge in [-0.15, -0.1) is 0 Å². The van der Waals surface area contributed by atoms with Gasteiger partial charge in [0.05, 0.1) is 31.9 Å². The van der Waals surface area contributed by atoms with Crippen LogP contribution in [0.4, 0.5) is 20.6 Å². The number of carbonyl (C=O) groups excluding carboxylic acids is 1. The molecule has 21 heavy (non-hydrogen) atoms. The zero-order chi connectivity index (χ0) is 15.4. The van der Waals surface area contributed by atoms with E-state index in [2.05, 4.69) is 10.1 Å². The van der Waals surface area contributed by atoms with Crippen LogP contribution in [0.25, 0.3) is 0 Å². The van der Waals surface area contributed by atoms with Gasteiger partial charge in [-0.2, -0.15) is 0 Å². The Balaban J connectivity index is 2.24. The van der Waals surface area contributed by atoms with Crippen LogP contribution in [0.5, 0.6) is 0 Å². The van der Waals surface area contributed by atoms with E-state index in [4.69, 9.17) is 9.84 Å². The van der Waals surface area contributed by atoms with E-state index >= 15 is 0 Å². The number of esters is 1. The normalized spacial score (nSPS) is 16.2. The van der Waals surface area contributed by atoms with Gasteiger partial charge in [0.15, 0.2) is 0 Å². The molecular weight excluding hydrogens is 283 g/mol. The molecule has 114 valence electrons. The lowest BCUT2D eigenvalue weighted by Crippen LogP contribution is -2.15. The third-order valence-corrected chi connectivity index (χ3v) is 2.88. The maximum atomic E-state index is 14.0. The van der Waals surface area contributed by atoms with Gasteiger partial charge in [0, 0.05) is 6.54 Å². The standard InChI is InChI=1S/C13H15FN2O5/c1-20-11(17)4-7-2-9(14)12(16-13(18)19)10(3-7)15-5-8-6-21-8/h2-3,8,15-16H,4-6H2,1H3,(H,18,19)/t8-/m1/s1. The van der Waals surface area contributed by atoms with Crippen LogP contribution in [-0.4, -0.2) is 43.5 Å². The van der Waals surface area contributed by atoms with E-state index in [1.807, 2.05) is 5.32 Å². The van der Waals surface area contributed by atoms with Gasteiger partial charge in [-0.25, -0.2) is 9.18 Å². The van der Waals surface area contributed by atoms with Crippen molar-refractivity contribution < 1.29 is 28.6 Å². The Hall–Kier alpha value is -2.35. The van der Waals surface area contributed by atoms with E-state index in [1.54, 1.807) is 0 Å². The number of methoxy groups -OCH3 is 1. The Bertz CT molecular complexity index is 560. The molecule has 2 rings (SSSR count). The number of carboxylic acid groups (broad SMARTS) is 1. The summed E-state index contributed by atoms with van der Waals surface area (Å²) in [4.78, 5) is 22.0. The SMILES string of the molecule is COC(=O)Cc1cc(F)c(NC(=O)O)c(NC[C@@H]2CO2)c1. The number of epoxide rings is 1. The number of ether oxygens (including phenoxy) is 2. The first-order valence-electron chi connectivity index (χ1n) is 6.24. The van der Waals surface area contributed by atoms with Gasteiger partial charge in [-0.3, -0.25) is 10.1 Å². The average molecular weight is 298 g/mol. The molecule has 1 aliphatic heterocycles. The first kappa shape index (κ1) is 15.0. The minimum atomic E-state index is -1.37. The Morgan fingerprint density at radius 2 is 2.24 bits per heavy atom. The van der Waals surface area contributed by atoms with Gasteiger partial charge in [0.1, 0.15) is 11.5 Å². The Labute approximate surface area is 120 Å². The summed E-state index contributed by atoms with van der Waals surface area (Å²) in [6.07, 6.45) is -1.44. The van der Waals surface area contributed by atoms with Crippen LogP contribution in [0, 0.1) is 5.82 Å². The number of rotatable bonds is 6. The molecule has 1 fully saturated rings. The molecule has 1 aromatic carbocycles. The molecule has 1 atom stereocenters. The number of amides is 1. The fraction of sp³-hybridized carbons (Fsp3) is 0.385. The van der Waals surface area contributed by atoms with Crippen molar-refractivity contribution in [1.82, 2.24) is 0 Å². The van der Waals surface area contributed by atoms with Gasteiger partial charge in [-0.05, 0) is 17.7 Å². The second kappa shape index (κ2) is 6.40. The highest BCUT2D eigenvalue weighted by Crippen LogP contribution is 2.28. The minimum absolute atomic E-state index is 0.0370. The smallest absolute Gasteiger partial charge is 0.409 e. The monoisotopic (exact) mass is 298 g/mol. The number of nitrogens with one attached hydrogen (secondary N) is 2. The zero-order valence-electron chi connectivity index (χ0n) is 11.3. The summed E-state index contributed by atoms with van der Waals surface area (Å²) < 4.78 is 23.6. The first-order valence-corrected chi connectivity index (χ1v) is 6.24. The van der Waals surface area contributed by atoms with Crippen LogP contribution in [-0.2, 0) is 20.7 Å². The van der Waals surface area contributed by atoms with Crippen molar-refractivity contribution in [2.75, 3.05) is 30.9 Å². The molecule has 0 unspecified atom stereocenters. The van der Waals surface area contributed by atoms with Crippen molar-refractivity contribution >= 4 is 23.4 Å². The van der Waals surface area contributed by atoms with Gasteiger partial charge in [0.2, 0.25) is 0 Å². The van der Waals surface area contributed by atoms with Crippen molar-refractivity contribution in [3.05, 3.63) is 23.5 Å². The average Bonchev–Trinajstić information content (AvgIpc) is 3.23. The second-order valence-electron chi connectivity index (χ2n) is 4.52. The molecule has 1 saturated heterocycles. The maximum absolute atomic E-state index is 14.0. The number of hydrogen-bond donors (Lipinski definition) is 3. The summed E-state index contributed by atoms with van der Waals surface area (Å²) in [5, 5.41) is 13.7. The summed E-state index contributed by atoms with van der Waals surface area (Å²) in [5.74, 6) is -1.28. The summed E-state index contributed by atoms with van der Waals surface area (Å²) >= 11 is 0. The maximum Gasteiger partial charge on any atom is 0.409 e. The van der Waals surface area contributed by atoms with Crippen LogP contribution in [0.2, 0.25) is 0 Å². The van der Waals surface area contributed by atoms with Crippen molar-refractivity contribution in [2.45, 2.75) is 12.5 Å². The third kappa shape index (κ3) is 4.32. The lowest BCUT2D eigenvalue weighted by molar-refractivity contribution is -0.139. The van der Waals surface area contributed by atoms with Crippen molar-refractivity contribution in [2.24, 2.45) is 0 Å². The van der Waals surface area contributed by atoms with Crippen molar-refractivity contribution in [3.63, 3.8) is 0 Å². The molecule has 1 aromatic rings. The zero-order valence-corrected chi connectivity index (χ0v) is 11.3. The quantitative estimate of drug-likeness (QED) is 0.543. The predicted molar refractivity (Wildman–Crippen MR) is 72.0 cm³/mol. The lowest BCUT2D eigenvalue weighted by atomic mass is 10.1. The van der Waals surface area contributed by atoms with Crippen LogP contribution in [0.15, 0.2) is 12.1 Å². The van der Waals surface area contributed by atoms with Gasteiger partial charge in [0.25, 0.3) is 0 Å². The Morgan fingerprint density at radius 1 is 1.52 bits per heavy atom. The van der Waals surface area contributed by atoms with Crippen LogP contribution < -0.4 is 10.6 Å². The number of anilines is 2. The first-order chi connectivity index (χ1) is 9.99. The van der Waals surface area contributed by atoms with E-state index in [-0.39, 0.29) is 23.9 Å². The minimum Gasteiger partial charge on any atom is -0.469 e. The molecule has 7 nitrogen and oxygen atoms in total. The molecule has 0 saturated carbocycles. The lowest BCUT2D eigenvalue weighted by Gasteiger charge is -2.14. The van der Waals surface area contributed by atoms with Gasteiger partial charge in [-0.1, -0.05) is 0 Å². The fourth-order valence-corrected chi connectivity index (χ4v) is 1.79. The van der Waals surface area contributed by atoms with Crippen LogP contribution in [0.3, 0.4) is 0 Å². The molecular formula is C13H15FN2O5. The highest BCUT2D eigenvalue weighted by atomic mass is 19.1. The second-order valence-corrected chi connectivity index (χ2v) is 4.52. The van der Waals surface area contributed by atoms with E-state index in [9.17, 15) is 14.0 Å². The largest absolute Gasteiger partial charge is 0.469 e.